The molecule has 0 bridgehead atoms. The SMILES string of the molecule is CC(C)(C)CC1NC(C(=O)OC(C)(C)C)C(c2cccc(F)c2F)C1(C#N)c1ccc(Cl)cc1F. The Labute approximate surface area is 209 Å². The van der Waals surface area contributed by atoms with E-state index in [0.717, 1.165) is 12.1 Å². The van der Waals surface area contributed by atoms with Gasteiger partial charge in [-0.05, 0) is 56.4 Å². The molecule has 1 N–H and O–H groups in total. The number of hydrogen-bond acceptors (Lipinski definition) is 4. The van der Waals surface area contributed by atoms with Gasteiger partial charge >= 0.3 is 5.97 Å². The summed E-state index contributed by atoms with van der Waals surface area (Å²) in [6.07, 6.45) is 0.329. The van der Waals surface area contributed by atoms with E-state index in [9.17, 15) is 14.4 Å². The molecule has 8 heteroatoms. The Hall–Kier alpha value is -2.56. The molecule has 1 aliphatic heterocycles. The molecule has 2 aromatic rings. The van der Waals surface area contributed by atoms with Crippen LogP contribution in [0.3, 0.4) is 0 Å². The molecule has 1 heterocycles. The van der Waals surface area contributed by atoms with Gasteiger partial charge in [-0.3, -0.25) is 10.1 Å². The monoisotopic (exact) mass is 506 g/mol. The maximum atomic E-state index is 15.5. The van der Waals surface area contributed by atoms with Gasteiger partial charge in [-0.25, -0.2) is 13.2 Å². The summed E-state index contributed by atoms with van der Waals surface area (Å²) >= 11 is 5.98. The first-order valence-electron chi connectivity index (χ1n) is 11.4. The maximum absolute atomic E-state index is 15.5. The van der Waals surface area contributed by atoms with Gasteiger partial charge in [0, 0.05) is 22.5 Å². The summed E-state index contributed by atoms with van der Waals surface area (Å²) in [7, 11) is 0. The van der Waals surface area contributed by atoms with Gasteiger partial charge in [0.15, 0.2) is 11.6 Å². The summed E-state index contributed by atoms with van der Waals surface area (Å²) in [5.41, 5.74) is -3.28. The highest BCUT2D eigenvalue weighted by Crippen LogP contribution is 2.52. The number of ether oxygens (including phenoxy) is 1. The van der Waals surface area contributed by atoms with E-state index in [-0.39, 0.29) is 21.6 Å². The maximum Gasteiger partial charge on any atom is 0.324 e. The number of nitrogens with one attached hydrogen (secondary N) is 1. The molecule has 0 amide bonds. The van der Waals surface area contributed by atoms with Crippen LogP contribution in [0.5, 0.6) is 0 Å². The fourth-order valence-electron chi connectivity index (χ4n) is 4.90. The molecule has 0 spiro atoms. The molecule has 188 valence electrons. The summed E-state index contributed by atoms with van der Waals surface area (Å²) in [5, 5.41) is 14.0. The predicted molar refractivity (Wildman–Crippen MR) is 128 cm³/mol. The minimum atomic E-state index is -1.78. The number of halogens is 4. The molecular weight excluding hydrogens is 477 g/mol. The molecule has 4 atom stereocenters. The summed E-state index contributed by atoms with van der Waals surface area (Å²) in [6.45, 7) is 10.9. The van der Waals surface area contributed by atoms with Crippen molar-refractivity contribution >= 4 is 17.6 Å². The number of nitrogens with zero attached hydrogens (tertiary/aromatic N) is 1. The van der Waals surface area contributed by atoms with Crippen LogP contribution in [0.1, 0.15) is 65.0 Å². The Balaban J connectivity index is 2.37. The highest BCUT2D eigenvalue weighted by molar-refractivity contribution is 6.30. The number of carbonyl (C=O) groups excluding carboxylic acids is 1. The third kappa shape index (κ3) is 5.34. The van der Waals surface area contributed by atoms with Gasteiger partial charge in [-0.1, -0.05) is 50.6 Å². The predicted octanol–water partition coefficient (Wildman–Crippen LogP) is 6.42. The number of esters is 1. The zero-order valence-electron chi connectivity index (χ0n) is 20.7. The van der Waals surface area contributed by atoms with Crippen LogP contribution in [0.2, 0.25) is 5.02 Å². The number of benzene rings is 2. The lowest BCUT2D eigenvalue weighted by molar-refractivity contribution is -0.157. The minimum absolute atomic E-state index is 0.0501. The largest absolute Gasteiger partial charge is 0.459 e. The Morgan fingerprint density at radius 3 is 2.31 bits per heavy atom. The van der Waals surface area contributed by atoms with Crippen molar-refractivity contribution in [3.63, 3.8) is 0 Å². The third-order valence-corrected chi connectivity index (χ3v) is 6.34. The Kier molecular flexibility index (Phi) is 7.32. The molecule has 1 aliphatic rings. The van der Waals surface area contributed by atoms with E-state index in [2.05, 4.69) is 11.4 Å². The lowest BCUT2D eigenvalue weighted by Gasteiger charge is -2.37. The minimum Gasteiger partial charge on any atom is -0.459 e. The summed E-state index contributed by atoms with van der Waals surface area (Å²) < 4.78 is 50.7. The summed E-state index contributed by atoms with van der Waals surface area (Å²) in [6, 6.07) is 7.65. The van der Waals surface area contributed by atoms with Crippen LogP contribution < -0.4 is 5.32 Å². The van der Waals surface area contributed by atoms with E-state index in [1.165, 1.54) is 24.3 Å². The van der Waals surface area contributed by atoms with Gasteiger partial charge in [0.1, 0.15) is 22.9 Å². The third-order valence-electron chi connectivity index (χ3n) is 6.11. The van der Waals surface area contributed by atoms with E-state index in [1.807, 2.05) is 20.8 Å². The average molecular weight is 507 g/mol. The molecule has 4 unspecified atom stereocenters. The van der Waals surface area contributed by atoms with E-state index in [1.54, 1.807) is 20.8 Å². The zero-order valence-corrected chi connectivity index (χ0v) is 21.4. The molecular formula is C27H30ClF3N2O2. The Morgan fingerprint density at radius 2 is 1.77 bits per heavy atom. The number of hydrogen-bond donors (Lipinski definition) is 1. The molecule has 35 heavy (non-hydrogen) atoms. The highest BCUT2D eigenvalue weighted by atomic mass is 35.5. The van der Waals surface area contributed by atoms with Crippen LogP contribution in [0.25, 0.3) is 0 Å². The number of nitriles is 1. The average Bonchev–Trinajstić information content (AvgIpc) is 3.02. The second kappa shape index (κ2) is 9.48. The van der Waals surface area contributed by atoms with Gasteiger partial charge in [-0.2, -0.15) is 5.26 Å². The quantitative estimate of drug-likeness (QED) is 0.486. The van der Waals surface area contributed by atoms with Gasteiger partial charge < -0.3 is 4.74 Å². The van der Waals surface area contributed by atoms with Gasteiger partial charge in [0.25, 0.3) is 0 Å². The van der Waals surface area contributed by atoms with Gasteiger partial charge in [-0.15, -0.1) is 0 Å². The van der Waals surface area contributed by atoms with Crippen molar-refractivity contribution in [2.45, 2.75) is 77.0 Å². The molecule has 0 aromatic heterocycles. The number of carbonyl (C=O) groups is 1. The van der Waals surface area contributed by atoms with Crippen molar-refractivity contribution in [1.82, 2.24) is 5.32 Å². The van der Waals surface area contributed by atoms with Crippen molar-refractivity contribution in [2.24, 2.45) is 5.41 Å². The molecule has 1 fully saturated rings. The topological polar surface area (TPSA) is 62.1 Å². The Bertz CT molecular complexity index is 1170. The van der Waals surface area contributed by atoms with Crippen LogP contribution in [0.4, 0.5) is 13.2 Å². The van der Waals surface area contributed by atoms with E-state index in [0.29, 0.717) is 6.42 Å². The summed E-state index contributed by atoms with van der Waals surface area (Å²) in [4.78, 5) is 13.4. The van der Waals surface area contributed by atoms with Crippen molar-refractivity contribution in [3.05, 3.63) is 70.0 Å². The van der Waals surface area contributed by atoms with Crippen molar-refractivity contribution in [3.8, 4) is 6.07 Å². The van der Waals surface area contributed by atoms with Crippen LogP contribution in [0.15, 0.2) is 36.4 Å². The standard InChI is InChI=1S/C27H30ClF3N2O2/c1-25(2,3)13-20-27(14-32,17-11-10-15(28)12-19(17)30)21(16-8-7-9-18(29)22(16)31)23(33-20)24(34)35-26(4,5)6/h7-12,20-21,23,33H,13H2,1-6H3. The fraction of sp³-hybridized carbons (Fsp3) is 0.481. The molecule has 2 aromatic carbocycles. The molecule has 1 saturated heterocycles. The van der Waals surface area contributed by atoms with Crippen LogP contribution in [-0.4, -0.2) is 23.7 Å². The zero-order chi connectivity index (χ0) is 26.3. The highest BCUT2D eigenvalue weighted by Gasteiger charge is 2.61. The van der Waals surface area contributed by atoms with E-state index in [4.69, 9.17) is 16.3 Å². The first-order valence-corrected chi connectivity index (χ1v) is 11.8. The normalized spacial score (nSPS) is 24.8. The van der Waals surface area contributed by atoms with Crippen molar-refractivity contribution < 1.29 is 22.7 Å². The molecule has 4 nitrogen and oxygen atoms in total. The van der Waals surface area contributed by atoms with Crippen LogP contribution in [0, 0.1) is 34.2 Å². The van der Waals surface area contributed by atoms with Crippen LogP contribution in [-0.2, 0) is 14.9 Å². The second-order valence-corrected chi connectivity index (χ2v) is 11.7. The van der Waals surface area contributed by atoms with Crippen molar-refractivity contribution in [1.29, 1.82) is 5.26 Å². The fourth-order valence-corrected chi connectivity index (χ4v) is 5.06. The smallest absolute Gasteiger partial charge is 0.324 e. The lowest BCUT2D eigenvalue weighted by atomic mass is 9.62. The lowest BCUT2D eigenvalue weighted by Crippen LogP contribution is -2.45. The van der Waals surface area contributed by atoms with Gasteiger partial charge in [0.2, 0.25) is 0 Å². The molecule has 0 aliphatic carbocycles. The first-order chi connectivity index (χ1) is 16.1. The first kappa shape index (κ1) is 27.0. The molecule has 3 rings (SSSR count). The van der Waals surface area contributed by atoms with Gasteiger partial charge in [0.05, 0.1) is 6.07 Å². The molecule has 0 radical (unpaired) electrons. The van der Waals surface area contributed by atoms with Crippen LogP contribution >= 0.6 is 11.6 Å². The van der Waals surface area contributed by atoms with E-state index < -0.39 is 52.4 Å². The molecule has 0 saturated carbocycles. The summed E-state index contributed by atoms with van der Waals surface area (Å²) in [5.74, 6) is -5.13. The second-order valence-electron chi connectivity index (χ2n) is 11.2. The van der Waals surface area contributed by atoms with Crippen molar-refractivity contribution in [2.75, 3.05) is 0 Å². The van der Waals surface area contributed by atoms with E-state index >= 15 is 8.78 Å². The number of rotatable bonds is 4. The Morgan fingerprint density at radius 1 is 1.11 bits per heavy atom.